The summed E-state index contributed by atoms with van der Waals surface area (Å²) in [5.41, 5.74) is 2.17. The minimum absolute atomic E-state index is 0.0396. The molecule has 0 heterocycles. The first-order chi connectivity index (χ1) is 11.5. The van der Waals surface area contributed by atoms with Gasteiger partial charge in [-0.3, -0.25) is 4.79 Å². The maximum atomic E-state index is 12.3. The Balaban J connectivity index is 1.99. The Morgan fingerprint density at radius 3 is 2.42 bits per heavy atom. The van der Waals surface area contributed by atoms with Gasteiger partial charge in [-0.15, -0.1) is 0 Å². The zero-order valence-corrected chi connectivity index (χ0v) is 14.7. The van der Waals surface area contributed by atoms with E-state index in [0.717, 1.165) is 11.1 Å². The van der Waals surface area contributed by atoms with Gasteiger partial charge in [-0.1, -0.05) is 50.2 Å². The Kier molecular flexibility index (Phi) is 6.24. The van der Waals surface area contributed by atoms with Crippen LogP contribution in [0.5, 0.6) is 11.5 Å². The van der Waals surface area contributed by atoms with Gasteiger partial charge in [-0.25, -0.2) is 0 Å². The van der Waals surface area contributed by atoms with Gasteiger partial charge >= 0.3 is 0 Å². The monoisotopic (exact) mass is 327 g/mol. The Morgan fingerprint density at radius 2 is 1.79 bits per heavy atom. The Labute approximate surface area is 143 Å². The summed E-state index contributed by atoms with van der Waals surface area (Å²) < 4.78 is 10.9. The molecule has 2 aromatic rings. The molecule has 0 saturated heterocycles. The predicted molar refractivity (Wildman–Crippen MR) is 95.4 cm³/mol. The quantitative estimate of drug-likeness (QED) is 0.839. The van der Waals surface area contributed by atoms with Crippen LogP contribution in [0.3, 0.4) is 0 Å². The van der Waals surface area contributed by atoms with E-state index >= 15 is 0 Å². The van der Waals surface area contributed by atoms with Crippen LogP contribution in [0, 0.1) is 12.8 Å². The number of hydrogen-bond donors (Lipinski definition) is 1. The van der Waals surface area contributed by atoms with Crippen molar-refractivity contribution in [3.63, 3.8) is 0 Å². The molecule has 4 heteroatoms. The molecule has 1 unspecified atom stereocenters. The first kappa shape index (κ1) is 17.9. The predicted octanol–water partition coefficient (Wildman–Crippen LogP) is 3.90. The number of ether oxygens (including phenoxy) is 2. The number of nitrogens with one attached hydrogen (secondary N) is 1. The zero-order valence-electron chi connectivity index (χ0n) is 14.7. The van der Waals surface area contributed by atoms with Crippen molar-refractivity contribution in [1.29, 1.82) is 0 Å². The van der Waals surface area contributed by atoms with E-state index in [-0.39, 0.29) is 24.5 Å². The molecule has 128 valence electrons. The maximum Gasteiger partial charge on any atom is 0.258 e. The number of benzene rings is 2. The molecule has 0 bridgehead atoms. The van der Waals surface area contributed by atoms with E-state index in [4.69, 9.17) is 9.47 Å². The van der Waals surface area contributed by atoms with Crippen LogP contribution in [0.4, 0.5) is 0 Å². The van der Waals surface area contributed by atoms with Crippen LogP contribution in [0.25, 0.3) is 0 Å². The summed E-state index contributed by atoms with van der Waals surface area (Å²) in [7, 11) is 1.59. The molecule has 0 aliphatic carbocycles. The summed E-state index contributed by atoms with van der Waals surface area (Å²) in [5, 5.41) is 3.05. The summed E-state index contributed by atoms with van der Waals surface area (Å²) in [6, 6.07) is 15.6. The van der Waals surface area contributed by atoms with Gasteiger partial charge in [0.25, 0.3) is 5.91 Å². The standard InChI is InChI=1S/C20H25NO3/c1-14(2)20(16-8-6-5-7-9-16)21-19(22)13-24-17-11-10-15(3)12-18(17)23-4/h5-12,14,20H,13H2,1-4H3,(H,21,22). The van der Waals surface area contributed by atoms with E-state index < -0.39 is 0 Å². The molecule has 0 radical (unpaired) electrons. The molecule has 1 N–H and O–H groups in total. The molecule has 1 amide bonds. The molecule has 0 spiro atoms. The van der Waals surface area contributed by atoms with Crippen LogP contribution in [0.2, 0.25) is 0 Å². The van der Waals surface area contributed by atoms with Crippen molar-refractivity contribution in [1.82, 2.24) is 5.32 Å². The fraction of sp³-hybridized carbons (Fsp3) is 0.350. The number of carbonyl (C=O) groups excluding carboxylic acids is 1. The molecule has 0 fully saturated rings. The average molecular weight is 327 g/mol. The van der Waals surface area contributed by atoms with Crippen molar-refractivity contribution in [2.75, 3.05) is 13.7 Å². The summed E-state index contributed by atoms with van der Waals surface area (Å²) in [4.78, 5) is 12.3. The van der Waals surface area contributed by atoms with Gasteiger partial charge in [0.05, 0.1) is 13.2 Å². The van der Waals surface area contributed by atoms with Crippen molar-refractivity contribution in [3.8, 4) is 11.5 Å². The highest BCUT2D eigenvalue weighted by molar-refractivity contribution is 5.78. The minimum Gasteiger partial charge on any atom is -0.493 e. The Morgan fingerprint density at radius 1 is 1.08 bits per heavy atom. The topological polar surface area (TPSA) is 47.6 Å². The molecule has 0 aliphatic rings. The lowest BCUT2D eigenvalue weighted by molar-refractivity contribution is -0.124. The normalized spacial score (nSPS) is 11.9. The summed E-state index contributed by atoms with van der Waals surface area (Å²) in [6.07, 6.45) is 0. The lowest BCUT2D eigenvalue weighted by atomic mass is 9.96. The summed E-state index contributed by atoms with van der Waals surface area (Å²) in [6.45, 7) is 6.10. The highest BCUT2D eigenvalue weighted by Gasteiger charge is 2.18. The second-order valence-corrected chi connectivity index (χ2v) is 6.14. The van der Waals surface area contributed by atoms with Gasteiger partial charge in [-0.05, 0) is 36.1 Å². The number of methoxy groups -OCH3 is 1. The van der Waals surface area contributed by atoms with Crippen molar-refractivity contribution in [2.24, 2.45) is 5.92 Å². The van der Waals surface area contributed by atoms with Crippen LogP contribution in [-0.2, 0) is 4.79 Å². The minimum atomic E-state index is -0.153. The average Bonchev–Trinajstić information content (AvgIpc) is 2.59. The maximum absolute atomic E-state index is 12.3. The largest absolute Gasteiger partial charge is 0.493 e. The van der Waals surface area contributed by atoms with Gasteiger partial charge in [-0.2, -0.15) is 0 Å². The molecular weight excluding hydrogens is 302 g/mol. The number of amides is 1. The molecular formula is C20H25NO3. The van der Waals surface area contributed by atoms with Crippen molar-refractivity contribution in [3.05, 3.63) is 59.7 Å². The summed E-state index contributed by atoms with van der Waals surface area (Å²) in [5.74, 6) is 1.33. The number of hydrogen-bond acceptors (Lipinski definition) is 3. The zero-order chi connectivity index (χ0) is 17.5. The smallest absolute Gasteiger partial charge is 0.258 e. The van der Waals surface area contributed by atoms with Crippen LogP contribution < -0.4 is 14.8 Å². The third kappa shape index (κ3) is 4.75. The van der Waals surface area contributed by atoms with Gasteiger partial charge < -0.3 is 14.8 Å². The Bertz CT molecular complexity index is 668. The molecule has 2 aromatic carbocycles. The van der Waals surface area contributed by atoms with Crippen molar-refractivity contribution in [2.45, 2.75) is 26.8 Å². The SMILES string of the molecule is COc1cc(C)ccc1OCC(=O)NC(c1ccccc1)C(C)C. The molecule has 0 aliphatic heterocycles. The second kappa shape index (κ2) is 8.39. The molecule has 24 heavy (non-hydrogen) atoms. The molecule has 2 rings (SSSR count). The number of carbonyl (C=O) groups is 1. The van der Waals surface area contributed by atoms with E-state index in [9.17, 15) is 4.79 Å². The van der Waals surface area contributed by atoms with Crippen molar-refractivity contribution < 1.29 is 14.3 Å². The van der Waals surface area contributed by atoms with E-state index in [2.05, 4.69) is 19.2 Å². The summed E-state index contributed by atoms with van der Waals surface area (Å²) >= 11 is 0. The van der Waals surface area contributed by atoms with Gasteiger partial charge in [0.2, 0.25) is 0 Å². The number of aryl methyl sites for hydroxylation is 1. The van der Waals surface area contributed by atoms with Crippen molar-refractivity contribution >= 4 is 5.91 Å². The third-order valence-electron chi connectivity index (χ3n) is 3.82. The Hall–Kier alpha value is -2.49. The fourth-order valence-corrected chi connectivity index (χ4v) is 2.55. The van der Waals surface area contributed by atoms with Crippen LogP contribution in [0.15, 0.2) is 48.5 Å². The van der Waals surface area contributed by atoms with Crippen LogP contribution in [-0.4, -0.2) is 19.6 Å². The van der Waals surface area contributed by atoms with Gasteiger partial charge in [0.15, 0.2) is 18.1 Å². The highest BCUT2D eigenvalue weighted by Crippen LogP contribution is 2.27. The third-order valence-corrected chi connectivity index (χ3v) is 3.82. The first-order valence-electron chi connectivity index (χ1n) is 8.13. The lowest BCUT2D eigenvalue weighted by Crippen LogP contribution is -2.35. The highest BCUT2D eigenvalue weighted by atomic mass is 16.5. The van der Waals surface area contributed by atoms with Gasteiger partial charge in [0, 0.05) is 0 Å². The molecule has 0 saturated carbocycles. The molecule has 0 aromatic heterocycles. The van der Waals surface area contributed by atoms with E-state index in [1.807, 2.05) is 55.5 Å². The van der Waals surface area contributed by atoms with E-state index in [1.54, 1.807) is 7.11 Å². The molecule has 1 atom stereocenters. The van der Waals surface area contributed by atoms with Crippen LogP contribution in [0.1, 0.15) is 31.0 Å². The van der Waals surface area contributed by atoms with E-state index in [0.29, 0.717) is 11.5 Å². The van der Waals surface area contributed by atoms with Crippen LogP contribution >= 0.6 is 0 Å². The lowest BCUT2D eigenvalue weighted by Gasteiger charge is -2.23. The fourth-order valence-electron chi connectivity index (χ4n) is 2.55. The number of rotatable bonds is 7. The second-order valence-electron chi connectivity index (χ2n) is 6.14. The van der Waals surface area contributed by atoms with Gasteiger partial charge in [0.1, 0.15) is 0 Å². The van der Waals surface area contributed by atoms with E-state index in [1.165, 1.54) is 0 Å². The first-order valence-corrected chi connectivity index (χ1v) is 8.13. The molecule has 4 nitrogen and oxygen atoms in total.